The summed E-state index contributed by atoms with van der Waals surface area (Å²) >= 11 is 0. The highest BCUT2D eigenvalue weighted by atomic mass is 32.2. The van der Waals surface area contributed by atoms with Crippen LogP contribution in [0.3, 0.4) is 0 Å². The standard InChI is InChI=1S/C9H13NO3S/c1-6-8(2,3)10-7(11)9(4,5)14(10,12)13/h1H,2-5H3. The van der Waals surface area contributed by atoms with Crippen LogP contribution in [0.4, 0.5) is 0 Å². The fourth-order valence-corrected chi connectivity index (χ4v) is 3.00. The first kappa shape index (κ1) is 11.1. The summed E-state index contributed by atoms with van der Waals surface area (Å²) in [6.45, 7) is 5.82. The minimum absolute atomic E-state index is 0.444. The third-order valence-corrected chi connectivity index (χ3v) is 5.01. The van der Waals surface area contributed by atoms with Crippen LogP contribution in [0.25, 0.3) is 0 Å². The number of amides is 1. The number of rotatable bonds is 1. The highest BCUT2D eigenvalue weighted by molar-refractivity contribution is 7.94. The van der Waals surface area contributed by atoms with Crippen LogP contribution in [0.5, 0.6) is 0 Å². The van der Waals surface area contributed by atoms with Gasteiger partial charge in [-0.15, -0.1) is 6.42 Å². The lowest BCUT2D eigenvalue weighted by atomic mass is 10.0. The smallest absolute Gasteiger partial charge is 0.260 e. The molecule has 4 nitrogen and oxygen atoms in total. The molecule has 78 valence electrons. The fourth-order valence-electron chi connectivity index (χ4n) is 1.27. The van der Waals surface area contributed by atoms with Gasteiger partial charge < -0.3 is 0 Å². The summed E-state index contributed by atoms with van der Waals surface area (Å²) in [5, 5.41) is 0. The van der Waals surface area contributed by atoms with E-state index in [0.29, 0.717) is 0 Å². The van der Waals surface area contributed by atoms with Gasteiger partial charge in [-0.3, -0.25) is 4.79 Å². The van der Waals surface area contributed by atoms with Gasteiger partial charge in [0.25, 0.3) is 15.9 Å². The monoisotopic (exact) mass is 215 g/mol. The molecule has 0 aromatic rings. The van der Waals surface area contributed by atoms with Crippen LogP contribution in [0, 0.1) is 12.3 Å². The molecule has 0 bridgehead atoms. The number of hydrogen-bond acceptors (Lipinski definition) is 3. The minimum Gasteiger partial charge on any atom is -0.272 e. The van der Waals surface area contributed by atoms with Crippen LogP contribution in [0.2, 0.25) is 0 Å². The molecule has 14 heavy (non-hydrogen) atoms. The third-order valence-electron chi connectivity index (χ3n) is 2.45. The molecule has 0 unspecified atom stereocenters. The first-order valence-electron chi connectivity index (χ1n) is 4.16. The number of sulfonamides is 1. The number of carbonyl (C=O) groups excluding carboxylic acids is 1. The van der Waals surface area contributed by atoms with Gasteiger partial charge in [0.15, 0.2) is 4.75 Å². The maximum absolute atomic E-state index is 11.7. The van der Waals surface area contributed by atoms with Crippen molar-refractivity contribution in [3.05, 3.63) is 0 Å². The summed E-state index contributed by atoms with van der Waals surface area (Å²) in [6.07, 6.45) is 5.18. The van der Waals surface area contributed by atoms with E-state index < -0.39 is 26.2 Å². The van der Waals surface area contributed by atoms with Crippen molar-refractivity contribution in [2.75, 3.05) is 0 Å². The lowest BCUT2D eigenvalue weighted by molar-refractivity contribution is -0.134. The quantitative estimate of drug-likeness (QED) is 0.593. The van der Waals surface area contributed by atoms with Crippen molar-refractivity contribution in [1.82, 2.24) is 4.31 Å². The second-order valence-electron chi connectivity index (χ2n) is 4.29. The van der Waals surface area contributed by atoms with Crippen molar-refractivity contribution < 1.29 is 13.2 Å². The van der Waals surface area contributed by atoms with Crippen LogP contribution >= 0.6 is 0 Å². The summed E-state index contributed by atoms with van der Waals surface area (Å²) in [4.78, 5) is 11.6. The molecule has 1 amide bonds. The van der Waals surface area contributed by atoms with Crippen LogP contribution in [0.15, 0.2) is 0 Å². The molecule has 1 aliphatic rings. The number of nitrogens with zero attached hydrogens (tertiary/aromatic N) is 1. The van der Waals surface area contributed by atoms with E-state index in [2.05, 4.69) is 5.92 Å². The molecule has 1 heterocycles. The maximum Gasteiger partial charge on any atom is 0.260 e. The van der Waals surface area contributed by atoms with E-state index in [0.717, 1.165) is 4.31 Å². The number of hydrogen-bond donors (Lipinski definition) is 0. The highest BCUT2D eigenvalue weighted by Crippen LogP contribution is 2.39. The molecule has 0 atom stereocenters. The summed E-state index contributed by atoms with van der Waals surface area (Å²) in [7, 11) is -3.58. The van der Waals surface area contributed by atoms with Gasteiger partial charge in [0.2, 0.25) is 0 Å². The molecule has 0 aliphatic carbocycles. The van der Waals surface area contributed by atoms with Gasteiger partial charge >= 0.3 is 0 Å². The first-order valence-corrected chi connectivity index (χ1v) is 5.60. The molecule has 0 saturated carbocycles. The summed E-state index contributed by atoms with van der Waals surface area (Å²) in [5.74, 6) is 1.85. The first-order chi connectivity index (χ1) is 6.09. The fraction of sp³-hybridized carbons (Fsp3) is 0.667. The van der Waals surface area contributed by atoms with E-state index in [1.165, 1.54) is 27.7 Å². The SMILES string of the molecule is C#CC(C)(C)N1C(=O)C(C)(C)S1(=O)=O. The zero-order valence-electron chi connectivity index (χ0n) is 8.66. The Kier molecular flexibility index (Phi) is 1.98. The summed E-state index contributed by atoms with van der Waals surface area (Å²) < 4.78 is 22.8. The molecule has 0 aromatic carbocycles. The predicted molar refractivity (Wildman–Crippen MR) is 52.8 cm³/mol. The topological polar surface area (TPSA) is 54.5 Å². The van der Waals surface area contributed by atoms with Crippen LogP contribution < -0.4 is 0 Å². The van der Waals surface area contributed by atoms with Crippen LogP contribution in [-0.4, -0.2) is 28.9 Å². The molecule has 5 heteroatoms. The normalized spacial score (nSPS) is 23.9. The van der Waals surface area contributed by atoms with Crippen molar-refractivity contribution >= 4 is 15.9 Å². The van der Waals surface area contributed by atoms with E-state index in [9.17, 15) is 13.2 Å². The zero-order valence-corrected chi connectivity index (χ0v) is 9.47. The van der Waals surface area contributed by atoms with E-state index in [-0.39, 0.29) is 0 Å². The molecule has 1 aliphatic heterocycles. The average Bonchev–Trinajstić information content (AvgIpc) is 2.03. The third kappa shape index (κ3) is 1.01. The van der Waals surface area contributed by atoms with Gasteiger partial charge in [-0.2, -0.15) is 0 Å². The minimum atomic E-state index is -3.58. The maximum atomic E-state index is 11.7. The second kappa shape index (κ2) is 2.51. The average molecular weight is 215 g/mol. The summed E-state index contributed by atoms with van der Waals surface area (Å²) in [5.41, 5.74) is -1.08. The zero-order chi connectivity index (χ0) is 11.4. The molecule has 0 aromatic heterocycles. The number of carbonyl (C=O) groups is 1. The molecule has 0 radical (unpaired) electrons. The van der Waals surface area contributed by atoms with Crippen molar-refractivity contribution in [3.8, 4) is 12.3 Å². The Morgan fingerprint density at radius 3 is 2.14 bits per heavy atom. The van der Waals surface area contributed by atoms with E-state index >= 15 is 0 Å². The Morgan fingerprint density at radius 2 is 1.86 bits per heavy atom. The molecule has 1 saturated heterocycles. The van der Waals surface area contributed by atoms with Gasteiger partial charge in [0.1, 0.15) is 5.54 Å². The van der Waals surface area contributed by atoms with E-state index in [4.69, 9.17) is 6.42 Å². The lowest BCUT2D eigenvalue weighted by Gasteiger charge is -2.48. The van der Waals surface area contributed by atoms with Gasteiger partial charge in [-0.1, -0.05) is 5.92 Å². The Balaban J connectivity index is 3.25. The van der Waals surface area contributed by atoms with Crippen molar-refractivity contribution in [2.45, 2.75) is 38.0 Å². The highest BCUT2D eigenvalue weighted by Gasteiger charge is 2.64. The van der Waals surface area contributed by atoms with Crippen LogP contribution in [-0.2, 0) is 14.8 Å². The number of terminal acetylenes is 1. The van der Waals surface area contributed by atoms with E-state index in [1.807, 2.05) is 0 Å². The molecule has 0 N–H and O–H groups in total. The molecule has 1 fully saturated rings. The van der Waals surface area contributed by atoms with Gasteiger partial charge in [-0.25, -0.2) is 12.7 Å². The summed E-state index contributed by atoms with van der Waals surface area (Å²) in [6, 6.07) is 0. The Hall–Kier alpha value is -1.02. The predicted octanol–water partition coefficient (Wildman–Crippen LogP) is 0.349. The molecular formula is C9H13NO3S. The van der Waals surface area contributed by atoms with E-state index in [1.54, 1.807) is 0 Å². The largest absolute Gasteiger partial charge is 0.272 e. The second-order valence-corrected chi connectivity index (χ2v) is 6.62. The Labute approximate surface area is 84.3 Å². The van der Waals surface area contributed by atoms with Gasteiger partial charge in [0, 0.05) is 0 Å². The van der Waals surface area contributed by atoms with Crippen LogP contribution in [0.1, 0.15) is 27.7 Å². The molecule has 0 spiro atoms. The van der Waals surface area contributed by atoms with Gasteiger partial charge in [-0.05, 0) is 27.7 Å². The molecular weight excluding hydrogens is 202 g/mol. The Bertz CT molecular complexity index is 425. The lowest BCUT2D eigenvalue weighted by Crippen LogP contribution is -2.72. The molecule has 1 rings (SSSR count). The van der Waals surface area contributed by atoms with Gasteiger partial charge in [0.05, 0.1) is 0 Å². The van der Waals surface area contributed by atoms with Crippen molar-refractivity contribution in [2.24, 2.45) is 0 Å². The Morgan fingerprint density at radius 1 is 1.43 bits per heavy atom. The van der Waals surface area contributed by atoms with Crippen molar-refractivity contribution in [3.63, 3.8) is 0 Å². The van der Waals surface area contributed by atoms with Crippen molar-refractivity contribution in [1.29, 1.82) is 0 Å².